The van der Waals surface area contributed by atoms with Crippen LogP contribution in [0.25, 0.3) is 11.4 Å². The van der Waals surface area contributed by atoms with E-state index in [2.05, 4.69) is 42.5 Å². The van der Waals surface area contributed by atoms with Crippen molar-refractivity contribution in [2.75, 3.05) is 19.6 Å². The fraction of sp³-hybridized carbons (Fsp3) is 0.421. The first kappa shape index (κ1) is 22.5. The molecule has 0 aliphatic carbocycles. The van der Waals surface area contributed by atoms with E-state index in [0.29, 0.717) is 29.2 Å². The molecule has 160 valence electrons. The molecule has 2 N–H and O–H groups in total. The van der Waals surface area contributed by atoms with Gasteiger partial charge in [0.2, 0.25) is 11.7 Å². The summed E-state index contributed by atoms with van der Waals surface area (Å²) in [7, 11) is 0. The van der Waals surface area contributed by atoms with Crippen molar-refractivity contribution in [3.63, 3.8) is 0 Å². The number of benzene rings is 1. The summed E-state index contributed by atoms with van der Waals surface area (Å²) in [6.45, 7) is 4.96. The van der Waals surface area contributed by atoms with Gasteiger partial charge in [0.05, 0.1) is 0 Å². The Bertz CT molecular complexity index is 953. The molecule has 0 saturated carbocycles. The normalized spacial score (nSPS) is 15.1. The molecule has 1 saturated heterocycles. The summed E-state index contributed by atoms with van der Waals surface area (Å²) >= 11 is 6.04. The first-order chi connectivity index (χ1) is 14.2. The Morgan fingerprint density at radius 3 is 2.90 bits per heavy atom. The smallest absolute Gasteiger partial charge is 0.248 e. The second-order valence-electron chi connectivity index (χ2n) is 6.82. The van der Waals surface area contributed by atoms with Gasteiger partial charge in [-0.05, 0) is 31.9 Å². The van der Waals surface area contributed by atoms with Crippen LogP contribution in [0.15, 0.2) is 40.1 Å². The number of halogens is 2. The maximum absolute atomic E-state index is 6.04. The molecular formula is C19H24ClIN8O. The van der Waals surface area contributed by atoms with Crippen molar-refractivity contribution < 1.29 is 4.52 Å². The Labute approximate surface area is 196 Å². The zero-order valence-corrected chi connectivity index (χ0v) is 19.7. The highest BCUT2D eigenvalue weighted by molar-refractivity contribution is 14.0. The predicted molar refractivity (Wildman–Crippen MR) is 125 cm³/mol. The number of likely N-dealkylation sites (tertiary alicyclic amines) is 1. The van der Waals surface area contributed by atoms with Crippen LogP contribution in [0.2, 0.25) is 5.02 Å². The molecule has 1 fully saturated rings. The Balaban J connectivity index is 0.00000256. The third-order valence-corrected chi connectivity index (χ3v) is 5.10. The molecule has 0 amide bonds. The van der Waals surface area contributed by atoms with Crippen molar-refractivity contribution in [2.45, 2.75) is 32.2 Å². The minimum Gasteiger partial charge on any atom is -0.357 e. The van der Waals surface area contributed by atoms with Gasteiger partial charge in [0, 0.05) is 36.1 Å². The molecule has 0 bridgehead atoms. The zero-order chi connectivity index (χ0) is 20.1. The van der Waals surface area contributed by atoms with Crippen molar-refractivity contribution >= 4 is 41.5 Å². The van der Waals surface area contributed by atoms with E-state index in [4.69, 9.17) is 21.1 Å². The van der Waals surface area contributed by atoms with Crippen LogP contribution >= 0.6 is 35.6 Å². The second-order valence-corrected chi connectivity index (χ2v) is 7.26. The molecule has 2 aromatic heterocycles. The Hall–Kier alpha value is -2.21. The monoisotopic (exact) mass is 542 g/mol. The number of piperidine rings is 1. The van der Waals surface area contributed by atoms with Gasteiger partial charge in [-0.3, -0.25) is 5.10 Å². The standard InChI is InChI=1S/C19H23ClN8O.HI/c1-2-21-19(28-8-6-13(7-9-28)17-23-12-24-26-17)22-11-16-25-18(27-29-16)14-4-3-5-15(20)10-14;/h3-5,10,12-13H,2,6-9,11H2,1H3,(H,21,22)(H,23,24,26);1H. The van der Waals surface area contributed by atoms with E-state index < -0.39 is 0 Å². The predicted octanol–water partition coefficient (Wildman–Crippen LogP) is 3.47. The molecule has 11 heteroatoms. The lowest BCUT2D eigenvalue weighted by molar-refractivity contribution is 0.298. The highest BCUT2D eigenvalue weighted by atomic mass is 127. The molecule has 30 heavy (non-hydrogen) atoms. The average Bonchev–Trinajstić information content (AvgIpc) is 3.44. The van der Waals surface area contributed by atoms with Crippen LogP contribution < -0.4 is 5.32 Å². The molecule has 3 heterocycles. The summed E-state index contributed by atoms with van der Waals surface area (Å²) in [6.07, 6.45) is 3.56. The Kier molecular flexibility index (Phi) is 8.02. The third kappa shape index (κ3) is 5.48. The van der Waals surface area contributed by atoms with E-state index >= 15 is 0 Å². The second kappa shape index (κ2) is 10.7. The van der Waals surface area contributed by atoms with Crippen molar-refractivity contribution in [3.8, 4) is 11.4 Å². The lowest BCUT2D eigenvalue weighted by Gasteiger charge is -2.33. The summed E-state index contributed by atoms with van der Waals surface area (Å²) in [5.41, 5.74) is 0.817. The molecule has 1 aliphatic rings. The van der Waals surface area contributed by atoms with Crippen LogP contribution in [-0.2, 0) is 6.54 Å². The first-order valence-electron chi connectivity index (χ1n) is 9.70. The fourth-order valence-electron chi connectivity index (χ4n) is 3.41. The molecule has 0 radical (unpaired) electrons. The summed E-state index contributed by atoms with van der Waals surface area (Å²) in [4.78, 5) is 15.7. The minimum absolute atomic E-state index is 0. The van der Waals surface area contributed by atoms with Crippen LogP contribution in [0.5, 0.6) is 0 Å². The van der Waals surface area contributed by atoms with Gasteiger partial charge in [-0.1, -0.05) is 28.9 Å². The number of aliphatic imine (C=N–C) groups is 1. The SMILES string of the molecule is CCNC(=NCc1nc(-c2cccc(Cl)c2)no1)N1CCC(c2ncn[nH]2)CC1.I. The van der Waals surface area contributed by atoms with Gasteiger partial charge in [0.15, 0.2) is 5.96 Å². The van der Waals surface area contributed by atoms with Gasteiger partial charge in [-0.15, -0.1) is 24.0 Å². The number of nitrogens with one attached hydrogen (secondary N) is 2. The lowest BCUT2D eigenvalue weighted by Crippen LogP contribution is -2.45. The van der Waals surface area contributed by atoms with Crippen molar-refractivity contribution in [2.24, 2.45) is 4.99 Å². The van der Waals surface area contributed by atoms with E-state index in [0.717, 1.165) is 49.8 Å². The van der Waals surface area contributed by atoms with Gasteiger partial charge in [-0.25, -0.2) is 9.98 Å². The molecule has 1 aromatic carbocycles. The lowest BCUT2D eigenvalue weighted by atomic mass is 9.96. The topological polar surface area (TPSA) is 108 Å². The van der Waals surface area contributed by atoms with E-state index in [1.165, 1.54) is 0 Å². The van der Waals surface area contributed by atoms with Crippen LogP contribution in [0.1, 0.15) is 37.4 Å². The summed E-state index contributed by atoms with van der Waals surface area (Å²) in [5.74, 6) is 3.20. The zero-order valence-electron chi connectivity index (χ0n) is 16.6. The van der Waals surface area contributed by atoms with Gasteiger partial charge in [0.1, 0.15) is 18.7 Å². The number of aromatic nitrogens is 5. The molecule has 9 nitrogen and oxygen atoms in total. The highest BCUT2D eigenvalue weighted by Crippen LogP contribution is 2.25. The quantitative estimate of drug-likeness (QED) is 0.289. The number of aromatic amines is 1. The number of hydrogen-bond acceptors (Lipinski definition) is 6. The van der Waals surface area contributed by atoms with Crippen LogP contribution in [0, 0.1) is 0 Å². The fourth-order valence-corrected chi connectivity index (χ4v) is 3.60. The summed E-state index contributed by atoms with van der Waals surface area (Å²) in [6, 6.07) is 7.37. The molecule has 3 aromatic rings. The maximum Gasteiger partial charge on any atom is 0.248 e. The number of H-pyrrole nitrogens is 1. The minimum atomic E-state index is 0. The van der Waals surface area contributed by atoms with Gasteiger partial charge >= 0.3 is 0 Å². The summed E-state index contributed by atoms with van der Waals surface area (Å²) < 4.78 is 5.36. The van der Waals surface area contributed by atoms with Crippen molar-refractivity contribution in [1.29, 1.82) is 0 Å². The van der Waals surface area contributed by atoms with Gasteiger partial charge in [-0.2, -0.15) is 10.1 Å². The number of nitrogens with zero attached hydrogens (tertiary/aromatic N) is 6. The maximum atomic E-state index is 6.04. The average molecular weight is 543 g/mol. The molecule has 4 rings (SSSR count). The highest BCUT2D eigenvalue weighted by Gasteiger charge is 2.24. The largest absolute Gasteiger partial charge is 0.357 e. The van der Waals surface area contributed by atoms with E-state index in [-0.39, 0.29) is 24.0 Å². The Morgan fingerprint density at radius 2 is 2.20 bits per heavy atom. The van der Waals surface area contributed by atoms with Crippen LogP contribution in [-0.4, -0.2) is 55.8 Å². The third-order valence-electron chi connectivity index (χ3n) is 4.86. The Morgan fingerprint density at radius 1 is 1.37 bits per heavy atom. The number of guanidine groups is 1. The molecule has 0 unspecified atom stereocenters. The molecule has 0 atom stereocenters. The first-order valence-corrected chi connectivity index (χ1v) is 10.1. The van der Waals surface area contributed by atoms with Crippen molar-refractivity contribution in [3.05, 3.63) is 47.3 Å². The van der Waals surface area contributed by atoms with Crippen LogP contribution in [0.4, 0.5) is 0 Å². The van der Waals surface area contributed by atoms with Crippen molar-refractivity contribution in [1.82, 2.24) is 35.5 Å². The van der Waals surface area contributed by atoms with E-state index in [1.807, 2.05) is 24.3 Å². The molecular weight excluding hydrogens is 519 g/mol. The molecule has 1 aliphatic heterocycles. The van der Waals surface area contributed by atoms with Gasteiger partial charge < -0.3 is 14.7 Å². The van der Waals surface area contributed by atoms with E-state index in [1.54, 1.807) is 6.33 Å². The van der Waals surface area contributed by atoms with Crippen LogP contribution in [0.3, 0.4) is 0 Å². The number of rotatable bonds is 5. The van der Waals surface area contributed by atoms with E-state index in [9.17, 15) is 0 Å². The number of hydrogen-bond donors (Lipinski definition) is 2. The summed E-state index contributed by atoms with van der Waals surface area (Å²) in [5, 5.41) is 15.0. The van der Waals surface area contributed by atoms with Gasteiger partial charge in [0.25, 0.3) is 0 Å². The molecule has 0 spiro atoms.